The Morgan fingerprint density at radius 2 is 1.87 bits per heavy atom. The summed E-state index contributed by atoms with van der Waals surface area (Å²) in [5.74, 6) is 0. The minimum Gasteiger partial charge on any atom is -0.334 e. The van der Waals surface area contributed by atoms with Gasteiger partial charge in [-0.05, 0) is 38.6 Å². The van der Waals surface area contributed by atoms with Gasteiger partial charge < -0.3 is 10.2 Å². The van der Waals surface area contributed by atoms with Crippen molar-refractivity contribution in [2.75, 3.05) is 32.4 Å². The third-order valence-corrected chi connectivity index (χ3v) is 6.02. The molecule has 3 heterocycles. The maximum absolute atomic E-state index is 12.6. The number of nitrogens with zero attached hydrogens (tertiary/aromatic N) is 2. The van der Waals surface area contributed by atoms with Crippen LogP contribution < -0.4 is 10.0 Å². The van der Waals surface area contributed by atoms with Crippen molar-refractivity contribution in [3.8, 4) is 0 Å². The van der Waals surface area contributed by atoms with Crippen molar-refractivity contribution in [1.29, 1.82) is 0 Å². The van der Waals surface area contributed by atoms with Gasteiger partial charge in [-0.1, -0.05) is 6.42 Å². The first-order chi connectivity index (χ1) is 10.9. The quantitative estimate of drug-likeness (QED) is 0.773. The van der Waals surface area contributed by atoms with Crippen molar-refractivity contribution >= 4 is 16.1 Å². The summed E-state index contributed by atoms with van der Waals surface area (Å²) in [5.41, 5.74) is 0. The number of hydrogen-bond donors (Lipinski definition) is 2. The summed E-state index contributed by atoms with van der Waals surface area (Å²) in [7, 11) is -3.23. The molecule has 0 aromatic carbocycles. The first-order valence-electron chi connectivity index (χ1n) is 8.69. The zero-order valence-electron chi connectivity index (χ0n) is 13.8. The van der Waals surface area contributed by atoms with Gasteiger partial charge in [-0.2, -0.15) is 0 Å². The van der Waals surface area contributed by atoms with Crippen molar-refractivity contribution in [3.63, 3.8) is 0 Å². The molecule has 23 heavy (non-hydrogen) atoms. The van der Waals surface area contributed by atoms with Gasteiger partial charge in [0.25, 0.3) is 0 Å². The molecule has 8 heteroatoms. The van der Waals surface area contributed by atoms with Gasteiger partial charge in [-0.15, -0.1) is 0 Å². The summed E-state index contributed by atoms with van der Waals surface area (Å²) in [4.78, 5) is 16.8. The van der Waals surface area contributed by atoms with Crippen LogP contribution in [0.3, 0.4) is 0 Å². The summed E-state index contributed by atoms with van der Waals surface area (Å²) >= 11 is 0. The van der Waals surface area contributed by atoms with Crippen LogP contribution >= 0.6 is 0 Å². The zero-order chi connectivity index (χ0) is 16.4. The van der Waals surface area contributed by atoms with E-state index in [1.54, 1.807) is 4.90 Å². The minimum atomic E-state index is -3.23. The number of urea groups is 1. The lowest BCUT2D eigenvalue weighted by Gasteiger charge is -2.36. The predicted octanol–water partition coefficient (Wildman–Crippen LogP) is 0.336. The molecule has 3 aliphatic rings. The summed E-state index contributed by atoms with van der Waals surface area (Å²) in [5, 5.41) is 3.20. The highest BCUT2D eigenvalue weighted by Crippen LogP contribution is 2.27. The van der Waals surface area contributed by atoms with E-state index >= 15 is 0 Å². The number of amides is 2. The molecule has 3 aliphatic heterocycles. The maximum Gasteiger partial charge on any atom is 0.317 e. The lowest BCUT2D eigenvalue weighted by Crippen LogP contribution is -2.55. The Bertz CT molecular complexity index is 539. The minimum absolute atomic E-state index is 0.0394. The number of likely N-dealkylation sites (tertiary alicyclic amines) is 1. The molecule has 0 aromatic rings. The van der Waals surface area contributed by atoms with E-state index in [1.807, 2.05) is 0 Å². The maximum atomic E-state index is 12.6. The molecular formula is C15H28N4O3S. The van der Waals surface area contributed by atoms with Crippen LogP contribution in [-0.2, 0) is 10.0 Å². The SMILES string of the molecule is CS(=O)(=O)N[C@@H]1CCCN(C(=O)N[C@H]2CCN3CCCC[C@@H]23)C1. The van der Waals surface area contributed by atoms with Gasteiger partial charge in [0, 0.05) is 37.8 Å². The van der Waals surface area contributed by atoms with Gasteiger partial charge in [0.05, 0.1) is 6.26 Å². The molecular weight excluding hydrogens is 316 g/mol. The summed E-state index contributed by atoms with van der Waals surface area (Å²) in [6.07, 6.45) is 7.50. The topological polar surface area (TPSA) is 81.8 Å². The van der Waals surface area contributed by atoms with E-state index in [1.165, 1.54) is 25.5 Å². The number of hydrogen-bond acceptors (Lipinski definition) is 4. The number of piperidine rings is 2. The monoisotopic (exact) mass is 344 g/mol. The van der Waals surface area contributed by atoms with E-state index in [-0.39, 0.29) is 18.1 Å². The molecule has 0 saturated carbocycles. The van der Waals surface area contributed by atoms with Crippen LogP contribution in [0.2, 0.25) is 0 Å². The molecule has 3 atom stereocenters. The predicted molar refractivity (Wildman–Crippen MR) is 88.7 cm³/mol. The van der Waals surface area contributed by atoms with Crippen LogP contribution in [0.4, 0.5) is 4.79 Å². The van der Waals surface area contributed by atoms with Crippen molar-refractivity contribution in [2.45, 2.75) is 56.7 Å². The molecule has 3 saturated heterocycles. The van der Waals surface area contributed by atoms with Crippen molar-refractivity contribution < 1.29 is 13.2 Å². The fourth-order valence-corrected chi connectivity index (χ4v) is 5.02. The normalized spacial score (nSPS) is 32.6. The van der Waals surface area contributed by atoms with Crippen LogP contribution in [0.5, 0.6) is 0 Å². The Morgan fingerprint density at radius 3 is 2.65 bits per heavy atom. The third-order valence-electron chi connectivity index (χ3n) is 5.25. The van der Waals surface area contributed by atoms with Crippen molar-refractivity contribution in [1.82, 2.24) is 19.8 Å². The second kappa shape index (κ2) is 6.94. The summed E-state index contributed by atoms with van der Waals surface area (Å²) in [6, 6.07) is 0.523. The van der Waals surface area contributed by atoms with E-state index in [4.69, 9.17) is 0 Å². The van der Waals surface area contributed by atoms with Crippen LogP contribution in [-0.4, -0.2) is 74.8 Å². The Hall–Kier alpha value is -0.860. The Kier molecular flexibility index (Phi) is 5.13. The molecule has 3 fully saturated rings. The van der Waals surface area contributed by atoms with E-state index in [0.717, 1.165) is 32.4 Å². The smallest absolute Gasteiger partial charge is 0.317 e. The van der Waals surface area contributed by atoms with Gasteiger partial charge in [0.1, 0.15) is 0 Å². The van der Waals surface area contributed by atoms with Crippen LogP contribution in [0.15, 0.2) is 0 Å². The molecule has 0 unspecified atom stereocenters. The van der Waals surface area contributed by atoms with E-state index in [2.05, 4.69) is 14.9 Å². The lowest BCUT2D eigenvalue weighted by atomic mass is 9.99. The molecule has 132 valence electrons. The molecule has 0 spiro atoms. The summed E-state index contributed by atoms with van der Waals surface area (Å²) < 4.78 is 25.4. The average Bonchev–Trinajstić information content (AvgIpc) is 2.89. The Labute approximate surface area is 138 Å². The highest BCUT2D eigenvalue weighted by Gasteiger charge is 2.37. The van der Waals surface area contributed by atoms with Gasteiger partial charge in [-0.3, -0.25) is 4.90 Å². The number of sulfonamides is 1. The summed E-state index contributed by atoms with van der Waals surface area (Å²) in [6.45, 7) is 3.39. The van der Waals surface area contributed by atoms with Gasteiger partial charge in [0.15, 0.2) is 0 Å². The molecule has 2 N–H and O–H groups in total. The fraction of sp³-hybridized carbons (Fsp3) is 0.933. The highest BCUT2D eigenvalue weighted by molar-refractivity contribution is 7.88. The largest absolute Gasteiger partial charge is 0.334 e. The molecule has 3 rings (SSSR count). The van der Waals surface area contributed by atoms with Gasteiger partial charge in [0.2, 0.25) is 10.0 Å². The number of rotatable bonds is 3. The zero-order valence-corrected chi connectivity index (χ0v) is 14.6. The van der Waals surface area contributed by atoms with Crippen molar-refractivity contribution in [2.24, 2.45) is 0 Å². The van der Waals surface area contributed by atoms with E-state index in [9.17, 15) is 13.2 Å². The molecule has 7 nitrogen and oxygen atoms in total. The molecule has 0 radical (unpaired) electrons. The van der Waals surface area contributed by atoms with Crippen LogP contribution in [0.25, 0.3) is 0 Å². The van der Waals surface area contributed by atoms with E-state index < -0.39 is 10.0 Å². The average molecular weight is 344 g/mol. The van der Waals surface area contributed by atoms with Gasteiger partial charge >= 0.3 is 6.03 Å². The van der Waals surface area contributed by atoms with Crippen molar-refractivity contribution in [3.05, 3.63) is 0 Å². The lowest BCUT2D eigenvalue weighted by molar-refractivity contribution is 0.157. The number of carbonyl (C=O) groups is 1. The molecule has 0 bridgehead atoms. The van der Waals surface area contributed by atoms with Gasteiger partial charge in [-0.25, -0.2) is 17.9 Å². The number of nitrogens with one attached hydrogen (secondary N) is 2. The Balaban J connectivity index is 1.53. The first kappa shape index (κ1) is 17.0. The first-order valence-corrected chi connectivity index (χ1v) is 10.6. The second-order valence-corrected chi connectivity index (χ2v) is 8.90. The number of fused-ring (bicyclic) bond motifs is 1. The molecule has 2 amide bonds. The second-order valence-electron chi connectivity index (χ2n) is 7.12. The highest BCUT2D eigenvalue weighted by atomic mass is 32.2. The van der Waals surface area contributed by atoms with E-state index in [0.29, 0.717) is 19.1 Å². The molecule has 0 aromatic heterocycles. The van der Waals surface area contributed by atoms with Crippen LogP contribution in [0.1, 0.15) is 38.5 Å². The molecule has 0 aliphatic carbocycles. The third kappa shape index (κ3) is 4.36. The standard InChI is InChI=1S/C15H28N4O3S/c1-23(21,22)17-12-5-4-9-19(11-12)15(20)16-13-7-10-18-8-3-2-6-14(13)18/h12-14,17H,2-11H2,1H3,(H,16,20)/t12-,13+,14+/m1/s1. The number of carbonyl (C=O) groups excluding carboxylic acids is 1. The Morgan fingerprint density at radius 1 is 1.04 bits per heavy atom. The fourth-order valence-electron chi connectivity index (χ4n) is 4.23. The van der Waals surface area contributed by atoms with Crippen LogP contribution in [0, 0.1) is 0 Å².